The fraction of sp³-hybridized carbons (Fsp3) is 0.278. The molecule has 4 aromatic carbocycles. The van der Waals surface area contributed by atoms with Gasteiger partial charge in [-0.15, -0.1) is 0 Å². The molecule has 4 aromatic rings. The summed E-state index contributed by atoms with van der Waals surface area (Å²) in [5.74, 6) is 0.0129. The molecule has 0 radical (unpaired) electrons. The number of carbonyl (C=O) groups excluding carboxylic acids is 2. The molecule has 0 saturated carbocycles. The normalized spacial score (nSPS) is 11.9. The van der Waals surface area contributed by atoms with E-state index in [4.69, 9.17) is 4.74 Å². The quantitative estimate of drug-likeness (QED) is 0.191. The van der Waals surface area contributed by atoms with Gasteiger partial charge in [-0.2, -0.15) is 0 Å². The topological polar surface area (TPSA) is 96.0 Å². The van der Waals surface area contributed by atoms with E-state index in [1.807, 2.05) is 61.5 Å². The number of ether oxygens (including phenoxy) is 1. The fourth-order valence-corrected chi connectivity index (χ4v) is 6.52. The minimum absolute atomic E-state index is 0.0645. The van der Waals surface area contributed by atoms with Crippen molar-refractivity contribution in [3.8, 4) is 5.75 Å². The van der Waals surface area contributed by atoms with Gasteiger partial charge in [0.25, 0.3) is 10.0 Å². The van der Waals surface area contributed by atoms with Crippen molar-refractivity contribution in [2.75, 3.05) is 24.5 Å². The predicted molar refractivity (Wildman–Crippen MR) is 178 cm³/mol. The van der Waals surface area contributed by atoms with Crippen molar-refractivity contribution >= 4 is 27.5 Å². The van der Waals surface area contributed by atoms with E-state index < -0.39 is 28.5 Å². The van der Waals surface area contributed by atoms with Crippen LogP contribution in [0.2, 0.25) is 0 Å². The Kier molecular flexibility index (Phi) is 11.4. The minimum Gasteiger partial charge on any atom is -0.497 e. The van der Waals surface area contributed by atoms with Crippen LogP contribution >= 0.6 is 0 Å². The Morgan fingerprint density at radius 3 is 2.04 bits per heavy atom. The number of nitrogens with zero attached hydrogens (tertiary/aromatic N) is 2. The summed E-state index contributed by atoms with van der Waals surface area (Å²) in [7, 11) is -2.59. The van der Waals surface area contributed by atoms with Crippen molar-refractivity contribution in [3.05, 3.63) is 126 Å². The van der Waals surface area contributed by atoms with Gasteiger partial charge in [0.05, 0.1) is 17.7 Å². The van der Waals surface area contributed by atoms with Crippen molar-refractivity contribution in [2.45, 2.75) is 50.6 Å². The van der Waals surface area contributed by atoms with Crippen LogP contribution in [0.25, 0.3) is 0 Å². The van der Waals surface area contributed by atoms with Gasteiger partial charge in [0.1, 0.15) is 18.3 Å². The predicted octanol–water partition coefficient (Wildman–Crippen LogP) is 5.79. The van der Waals surface area contributed by atoms with Crippen molar-refractivity contribution in [1.29, 1.82) is 0 Å². The van der Waals surface area contributed by atoms with Gasteiger partial charge < -0.3 is 15.0 Å². The molecule has 0 aliphatic rings. The number of sulfonamides is 1. The van der Waals surface area contributed by atoms with E-state index in [-0.39, 0.29) is 29.7 Å². The first kappa shape index (κ1) is 33.3. The number of anilines is 1. The highest BCUT2D eigenvalue weighted by atomic mass is 32.2. The molecule has 8 nitrogen and oxygen atoms in total. The molecule has 0 saturated heterocycles. The lowest BCUT2D eigenvalue weighted by Crippen LogP contribution is -2.53. The second-order valence-corrected chi connectivity index (χ2v) is 12.9. The van der Waals surface area contributed by atoms with E-state index in [1.54, 1.807) is 49.6 Å². The zero-order chi connectivity index (χ0) is 32.4. The van der Waals surface area contributed by atoms with Gasteiger partial charge in [0, 0.05) is 19.5 Å². The van der Waals surface area contributed by atoms with E-state index in [9.17, 15) is 18.0 Å². The maximum absolute atomic E-state index is 14.5. The molecule has 1 N–H and O–H groups in total. The summed E-state index contributed by atoms with van der Waals surface area (Å²) in [5, 5.41) is 2.88. The molecule has 0 aromatic heterocycles. The van der Waals surface area contributed by atoms with Crippen molar-refractivity contribution in [3.63, 3.8) is 0 Å². The summed E-state index contributed by atoms with van der Waals surface area (Å²) >= 11 is 0. The van der Waals surface area contributed by atoms with Gasteiger partial charge in [-0.1, -0.05) is 86.6 Å². The maximum Gasteiger partial charge on any atom is 0.264 e. The first-order chi connectivity index (χ1) is 21.6. The van der Waals surface area contributed by atoms with E-state index >= 15 is 0 Å². The summed E-state index contributed by atoms with van der Waals surface area (Å²) in [4.78, 5) is 29.6. The lowest BCUT2D eigenvalue weighted by molar-refractivity contribution is -0.140. The lowest BCUT2D eigenvalue weighted by atomic mass is 10.0. The molecule has 2 amide bonds. The van der Waals surface area contributed by atoms with Crippen LogP contribution in [0.5, 0.6) is 5.75 Å². The van der Waals surface area contributed by atoms with Gasteiger partial charge in [-0.05, 0) is 65.9 Å². The number of amides is 2. The second-order valence-electron chi connectivity index (χ2n) is 11.0. The highest BCUT2D eigenvalue weighted by Gasteiger charge is 2.34. The Morgan fingerprint density at radius 1 is 0.822 bits per heavy atom. The molecule has 45 heavy (non-hydrogen) atoms. The number of hydrogen-bond donors (Lipinski definition) is 1. The van der Waals surface area contributed by atoms with Crippen LogP contribution in [-0.4, -0.2) is 51.4 Å². The van der Waals surface area contributed by atoms with Gasteiger partial charge in [-0.25, -0.2) is 8.42 Å². The molecular formula is C36H41N3O5S. The van der Waals surface area contributed by atoms with E-state index in [2.05, 4.69) is 19.2 Å². The van der Waals surface area contributed by atoms with Crippen molar-refractivity contribution in [2.24, 2.45) is 0 Å². The van der Waals surface area contributed by atoms with Crippen molar-refractivity contribution in [1.82, 2.24) is 10.2 Å². The van der Waals surface area contributed by atoms with Crippen LogP contribution in [0.4, 0.5) is 5.69 Å². The zero-order valence-electron chi connectivity index (χ0n) is 26.2. The number of nitrogens with one attached hydrogen (secondary N) is 1. The number of carbonyl (C=O) groups is 2. The molecule has 0 fully saturated rings. The number of benzene rings is 4. The first-order valence-corrected chi connectivity index (χ1v) is 16.5. The highest BCUT2D eigenvalue weighted by Crippen LogP contribution is 2.27. The molecule has 0 aliphatic carbocycles. The number of hydrogen-bond acceptors (Lipinski definition) is 5. The van der Waals surface area contributed by atoms with Gasteiger partial charge in [-0.3, -0.25) is 13.9 Å². The lowest BCUT2D eigenvalue weighted by Gasteiger charge is -2.34. The van der Waals surface area contributed by atoms with Crippen LogP contribution in [0.3, 0.4) is 0 Å². The summed E-state index contributed by atoms with van der Waals surface area (Å²) < 4.78 is 34.8. The number of rotatable bonds is 14. The Hall–Kier alpha value is -4.63. The molecule has 0 aliphatic heterocycles. The standard InChI is InChI=1S/C36H41N3O5S/c1-5-37-36(41)34(24-28-13-8-6-9-14-28)38(25-29-15-12-16-32(23-29)44-4)35(40)26-39(31-21-19-30(20-22-31)27(2)3)45(42,43)33-17-10-7-11-18-33/h6-23,27,34H,5,24-26H2,1-4H3,(H,37,41)/t34-/m0/s1. The fourth-order valence-electron chi connectivity index (χ4n) is 5.09. The van der Waals surface area contributed by atoms with E-state index in [0.29, 0.717) is 18.0 Å². The molecule has 1 atom stereocenters. The van der Waals surface area contributed by atoms with Crippen LogP contribution in [0, 0.1) is 0 Å². The smallest absolute Gasteiger partial charge is 0.264 e. The number of methoxy groups -OCH3 is 1. The Morgan fingerprint density at radius 2 is 1.44 bits per heavy atom. The monoisotopic (exact) mass is 627 g/mol. The zero-order valence-corrected chi connectivity index (χ0v) is 27.0. The SMILES string of the molecule is CCNC(=O)[C@H](Cc1ccccc1)N(Cc1cccc(OC)c1)C(=O)CN(c1ccc(C(C)C)cc1)S(=O)(=O)c1ccccc1. The third-order valence-electron chi connectivity index (χ3n) is 7.57. The molecular weight excluding hydrogens is 586 g/mol. The van der Waals surface area contributed by atoms with Crippen LogP contribution < -0.4 is 14.4 Å². The van der Waals surface area contributed by atoms with E-state index in [1.165, 1.54) is 17.0 Å². The van der Waals surface area contributed by atoms with Gasteiger partial charge >= 0.3 is 0 Å². The van der Waals surface area contributed by atoms with Crippen LogP contribution in [0.1, 0.15) is 43.4 Å². The first-order valence-electron chi connectivity index (χ1n) is 15.1. The maximum atomic E-state index is 14.5. The van der Waals surface area contributed by atoms with Crippen molar-refractivity contribution < 1.29 is 22.7 Å². The highest BCUT2D eigenvalue weighted by molar-refractivity contribution is 7.92. The number of likely N-dealkylation sites (N-methyl/N-ethyl adjacent to an activating group) is 1. The molecule has 236 valence electrons. The van der Waals surface area contributed by atoms with Crippen LogP contribution in [-0.2, 0) is 32.6 Å². The second kappa shape index (κ2) is 15.4. The average Bonchev–Trinajstić information content (AvgIpc) is 3.06. The molecule has 4 rings (SSSR count). The third-order valence-corrected chi connectivity index (χ3v) is 9.36. The van der Waals surface area contributed by atoms with Gasteiger partial charge in [0.2, 0.25) is 11.8 Å². The Labute approximate surface area is 266 Å². The minimum atomic E-state index is -4.15. The largest absolute Gasteiger partial charge is 0.497 e. The molecule has 0 heterocycles. The van der Waals surface area contributed by atoms with Gasteiger partial charge in [0.15, 0.2) is 0 Å². The molecule has 0 bridgehead atoms. The molecule has 9 heteroatoms. The van der Waals surface area contributed by atoms with Crippen LogP contribution in [0.15, 0.2) is 114 Å². The summed E-state index contributed by atoms with van der Waals surface area (Å²) in [6.07, 6.45) is 0.247. The third kappa shape index (κ3) is 8.51. The summed E-state index contributed by atoms with van der Waals surface area (Å²) in [5.41, 5.74) is 3.01. The average molecular weight is 628 g/mol. The molecule has 0 spiro atoms. The summed E-state index contributed by atoms with van der Waals surface area (Å²) in [6, 6.07) is 31.1. The molecule has 0 unspecified atom stereocenters. The Bertz CT molecular complexity index is 1660. The summed E-state index contributed by atoms with van der Waals surface area (Å²) in [6.45, 7) is 5.87. The van der Waals surface area contributed by atoms with E-state index in [0.717, 1.165) is 21.0 Å². The Balaban J connectivity index is 1.80.